The maximum Gasteiger partial charge on any atom is 0.266 e. The molecule has 0 aromatic heterocycles. The summed E-state index contributed by atoms with van der Waals surface area (Å²) in [6.07, 6.45) is 0. The lowest BCUT2D eigenvalue weighted by molar-refractivity contribution is 0.536. The van der Waals surface area contributed by atoms with Crippen molar-refractivity contribution in [2.24, 2.45) is 4.99 Å². The first-order chi connectivity index (χ1) is 7.93. The molecule has 7 heteroatoms. The maximum absolute atomic E-state index is 12.4. The molecule has 1 aliphatic rings. The average Bonchev–Trinajstić information content (AvgIpc) is 2.68. The average molecular weight is 382 g/mol. The van der Waals surface area contributed by atoms with Crippen LogP contribution in [0.2, 0.25) is 0 Å². The summed E-state index contributed by atoms with van der Waals surface area (Å²) in [6, 6.07) is 5.08. The molecule has 1 heterocycles. The maximum atomic E-state index is 12.4. The molecule has 0 amide bonds. The summed E-state index contributed by atoms with van der Waals surface area (Å²) in [6.45, 7) is 2.64. The highest BCUT2D eigenvalue weighted by Crippen LogP contribution is 2.29. The van der Waals surface area contributed by atoms with Crippen molar-refractivity contribution in [1.82, 2.24) is 4.31 Å². The number of rotatable bonds is 2. The molecular weight excluding hydrogens is 372 g/mol. The molecule has 0 aliphatic carbocycles. The Kier molecular flexibility index (Phi) is 3.61. The molecule has 0 unspecified atom stereocenters. The molecule has 0 fully saturated rings. The number of nitrogens with zero attached hydrogens (tertiary/aromatic N) is 2. The van der Waals surface area contributed by atoms with Crippen molar-refractivity contribution in [3.8, 4) is 0 Å². The minimum absolute atomic E-state index is 0.253. The van der Waals surface area contributed by atoms with Crippen LogP contribution in [-0.4, -0.2) is 31.6 Å². The van der Waals surface area contributed by atoms with Gasteiger partial charge in [0.2, 0.25) is 0 Å². The van der Waals surface area contributed by atoms with Crippen LogP contribution in [0.4, 0.5) is 0 Å². The standard InChI is InChI=1S/C10H10Br2N2O2S/c1-7-13-4-5-14(7)17(15,16)10-6-8(11)2-3-9(10)12/h2-3,6H,4-5H2,1H3. The number of sulfonamides is 1. The number of aliphatic imine (C=N–C) groups is 1. The fraction of sp³-hybridized carbons (Fsp3) is 0.300. The molecule has 17 heavy (non-hydrogen) atoms. The van der Waals surface area contributed by atoms with Crippen LogP contribution in [0.1, 0.15) is 6.92 Å². The molecule has 2 rings (SSSR count). The van der Waals surface area contributed by atoms with Crippen LogP contribution >= 0.6 is 31.9 Å². The first kappa shape index (κ1) is 13.0. The highest BCUT2D eigenvalue weighted by Gasteiger charge is 2.29. The summed E-state index contributed by atoms with van der Waals surface area (Å²) in [5.74, 6) is 0.539. The second kappa shape index (κ2) is 4.70. The van der Waals surface area contributed by atoms with E-state index in [1.165, 1.54) is 4.31 Å². The van der Waals surface area contributed by atoms with Gasteiger partial charge in [0.1, 0.15) is 10.7 Å². The first-order valence-corrected chi connectivity index (χ1v) is 7.94. The van der Waals surface area contributed by atoms with Crippen molar-refractivity contribution < 1.29 is 8.42 Å². The Morgan fingerprint density at radius 3 is 2.65 bits per heavy atom. The van der Waals surface area contributed by atoms with Gasteiger partial charge in [0.05, 0.1) is 13.1 Å². The highest BCUT2D eigenvalue weighted by molar-refractivity contribution is 9.11. The van der Waals surface area contributed by atoms with E-state index in [0.29, 0.717) is 23.4 Å². The van der Waals surface area contributed by atoms with E-state index in [1.807, 2.05) is 0 Å². The molecule has 0 saturated heterocycles. The van der Waals surface area contributed by atoms with Crippen LogP contribution < -0.4 is 0 Å². The quantitative estimate of drug-likeness (QED) is 0.790. The van der Waals surface area contributed by atoms with Crippen LogP contribution in [0, 0.1) is 0 Å². The van der Waals surface area contributed by atoms with Crippen molar-refractivity contribution in [3.05, 3.63) is 27.1 Å². The molecule has 92 valence electrons. The van der Waals surface area contributed by atoms with E-state index in [-0.39, 0.29) is 4.90 Å². The number of hydrogen-bond donors (Lipinski definition) is 0. The second-order valence-electron chi connectivity index (χ2n) is 3.58. The normalized spacial score (nSPS) is 16.2. The topological polar surface area (TPSA) is 49.7 Å². The number of benzene rings is 1. The van der Waals surface area contributed by atoms with E-state index in [9.17, 15) is 8.42 Å². The third-order valence-electron chi connectivity index (χ3n) is 2.47. The van der Waals surface area contributed by atoms with Crippen LogP contribution in [0.25, 0.3) is 0 Å². The molecule has 0 saturated carbocycles. The molecule has 1 aliphatic heterocycles. The Balaban J connectivity index is 2.52. The number of hydrogen-bond acceptors (Lipinski definition) is 3. The smallest absolute Gasteiger partial charge is 0.266 e. The van der Waals surface area contributed by atoms with Gasteiger partial charge in [0.25, 0.3) is 10.0 Å². The number of amidine groups is 1. The monoisotopic (exact) mass is 380 g/mol. The molecule has 0 spiro atoms. The third-order valence-corrected chi connectivity index (χ3v) is 5.83. The summed E-state index contributed by atoms with van der Waals surface area (Å²) in [5, 5.41) is 0. The molecule has 1 aromatic rings. The largest absolute Gasteiger partial charge is 0.270 e. The van der Waals surface area contributed by atoms with Gasteiger partial charge in [-0.2, -0.15) is 0 Å². The van der Waals surface area contributed by atoms with Gasteiger partial charge in [-0.3, -0.25) is 9.30 Å². The van der Waals surface area contributed by atoms with E-state index in [4.69, 9.17) is 0 Å². The van der Waals surface area contributed by atoms with Crippen molar-refractivity contribution in [1.29, 1.82) is 0 Å². The van der Waals surface area contributed by atoms with Gasteiger partial charge in [0.15, 0.2) is 0 Å². The fourth-order valence-electron chi connectivity index (χ4n) is 1.63. The van der Waals surface area contributed by atoms with Gasteiger partial charge in [0, 0.05) is 8.95 Å². The van der Waals surface area contributed by atoms with E-state index < -0.39 is 10.0 Å². The number of halogens is 2. The van der Waals surface area contributed by atoms with Crippen molar-refractivity contribution in [2.45, 2.75) is 11.8 Å². The SMILES string of the molecule is CC1=NCCN1S(=O)(=O)c1cc(Br)ccc1Br. The van der Waals surface area contributed by atoms with Gasteiger partial charge in [-0.15, -0.1) is 0 Å². The molecule has 0 radical (unpaired) electrons. The summed E-state index contributed by atoms with van der Waals surface area (Å²) in [5.41, 5.74) is 0. The lowest BCUT2D eigenvalue weighted by Crippen LogP contribution is -2.33. The Labute approximate surface area is 117 Å². The predicted octanol–water partition coefficient (Wildman–Crippen LogP) is 2.63. The van der Waals surface area contributed by atoms with Crippen LogP contribution in [0.3, 0.4) is 0 Å². The van der Waals surface area contributed by atoms with Gasteiger partial charge in [-0.05, 0) is 41.1 Å². The van der Waals surface area contributed by atoms with Crippen molar-refractivity contribution >= 4 is 47.7 Å². The van der Waals surface area contributed by atoms with Crippen LogP contribution in [0.5, 0.6) is 0 Å². The van der Waals surface area contributed by atoms with E-state index in [1.54, 1.807) is 25.1 Å². The molecule has 0 bridgehead atoms. The minimum Gasteiger partial charge on any atom is -0.270 e. The first-order valence-electron chi connectivity index (χ1n) is 4.92. The van der Waals surface area contributed by atoms with Crippen LogP contribution in [-0.2, 0) is 10.0 Å². The molecule has 0 N–H and O–H groups in total. The highest BCUT2D eigenvalue weighted by atomic mass is 79.9. The van der Waals surface area contributed by atoms with Crippen molar-refractivity contribution in [2.75, 3.05) is 13.1 Å². The van der Waals surface area contributed by atoms with E-state index >= 15 is 0 Å². The lowest BCUT2D eigenvalue weighted by atomic mass is 10.4. The van der Waals surface area contributed by atoms with E-state index in [0.717, 1.165) is 4.47 Å². The van der Waals surface area contributed by atoms with Gasteiger partial charge in [-0.25, -0.2) is 8.42 Å². The van der Waals surface area contributed by atoms with Gasteiger partial charge in [-0.1, -0.05) is 15.9 Å². The zero-order valence-corrected chi connectivity index (χ0v) is 13.0. The zero-order chi connectivity index (χ0) is 12.6. The Morgan fingerprint density at radius 2 is 2.06 bits per heavy atom. The summed E-state index contributed by atoms with van der Waals surface area (Å²) in [4.78, 5) is 4.35. The predicted molar refractivity (Wildman–Crippen MR) is 73.7 cm³/mol. The van der Waals surface area contributed by atoms with E-state index in [2.05, 4.69) is 36.9 Å². The molecule has 4 nitrogen and oxygen atoms in total. The zero-order valence-electron chi connectivity index (χ0n) is 9.02. The molecular formula is C10H10Br2N2O2S. The van der Waals surface area contributed by atoms with Crippen molar-refractivity contribution in [3.63, 3.8) is 0 Å². The summed E-state index contributed by atoms with van der Waals surface area (Å²) >= 11 is 6.55. The molecule has 0 atom stereocenters. The minimum atomic E-state index is -3.52. The molecule has 1 aromatic carbocycles. The van der Waals surface area contributed by atoms with Crippen LogP contribution in [0.15, 0.2) is 37.0 Å². The fourth-order valence-corrected chi connectivity index (χ4v) is 4.56. The van der Waals surface area contributed by atoms with Gasteiger partial charge >= 0.3 is 0 Å². The van der Waals surface area contributed by atoms with Gasteiger partial charge < -0.3 is 0 Å². The Morgan fingerprint density at radius 1 is 1.35 bits per heavy atom. The lowest BCUT2D eigenvalue weighted by Gasteiger charge is -2.19. The third kappa shape index (κ3) is 2.41. The Bertz CT molecular complexity index is 584. The summed E-state index contributed by atoms with van der Waals surface area (Å²) in [7, 11) is -3.52. The summed E-state index contributed by atoms with van der Waals surface area (Å²) < 4.78 is 27.4. The Hall–Kier alpha value is -0.400. The second-order valence-corrected chi connectivity index (χ2v) is 7.18.